The van der Waals surface area contributed by atoms with Crippen LogP contribution in [0.1, 0.15) is 26.3 Å². The van der Waals surface area contributed by atoms with Crippen molar-refractivity contribution in [1.29, 1.82) is 0 Å². The van der Waals surface area contributed by atoms with Crippen molar-refractivity contribution in [3.05, 3.63) is 34.6 Å². The second-order valence-corrected chi connectivity index (χ2v) is 2.44. The van der Waals surface area contributed by atoms with Gasteiger partial charge in [0.15, 0.2) is 0 Å². The highest BCUT2D eigenvalue weighted by Gasteiger charge is 2.01. The summed E-state index contributed by atoms with van der Waals surface area (Å²) < 4.78 is 12.6. The van der Waals surface area contributed by atoms with Crippen molar-refractivity contribution < 1.29 is 4.39 Å². The lowest BCUT2D eigenvalue weighted by molar-refractivity contribution is 0.626. The van der Waals surface area contributed by atoms with Crippen LogP contribution in [-0.4, -0.2) is 0 Å². The molecule has 0 saturated heterocycles. The number of halogens is 2. The van der Waals surface area contributed by atoms with Gasteiger partial charge in [-0.05, 0) is 18.1 Å². The quantitative estimate of drug-likeness (QED) is 0.624. The van der Waals surface area contributed by atoms with Crippen LogP contribution >= 0.6 is 11.6 Å². The van der Waals surface area contributed by atoms with Gasteiger partial charge in [-0.25, -0.2) is 4.39 Å². The van der Waals surface area contributed by atoms with E-state index in [0.717, 1.165) is 12.0 Å². The lowest BCUT2D eigenvalue weighted by Gasteiger charge is -1.99. The van der Waals surface area contributed by atoms with Gasteiger partial charge in [-0.15, -0.1) is 0 Å². The molecule has 12 heavy (non-hydrogen) atoms. The molecule has 1 aromatic carbocycles. The van der Waals surface area contributed by atoms with E-state index in [0.29, 0.717) is 0 Å². The lowest BCUT2D eigenvalue weighted by Crippen LogP contribution is -1.84. The predicted octanol–water partition coefficient (Wildman–Crippen LogP) is 4.07. The highest BCUT2D eigenvalue weighted by molar-refractivity contribution is 6.31. The third-order valence-corrected chi connectivity index (χ3v) is 1.84. The van der Waals surface area contributed by atoms with E-state index in [1.165, 1.54) is 6.07 Å². The molecule has 0 atom stereocenters. The molecule has 0 heterocycles. The largest absolute Gasteiger partial charge is 0.205 e. The monoisotopic (exact) mass is 188 g/mol. The van der Waals surface area contributed by atoms with Crippen LogP contribution in [0, 0.1) is 5.82 Å². The minimum atomic E-state index is -0.332. The molecule has 0 nitrogen and oxygen atoms in total. The van der Waals surface area contributed by atoms with E-state index in [4.69, 9.17) is 11.6 Å². The van der Waals surface area contributed by atoms with Crippen LogP contribution in [0.25, 0.3) is 0 Å². The van der Waals surface area contributed by atoms with Gasteiger partial charge in [0, 0.05) is 0 Å². The highest BCUT2D eigenvalue weighted by Crippen LogP contribution is 2.19. The molecule has 0 amide bonds. The second kappa shape index (κ2) is 6.01. The van der Waals surface area contributed by atoms with Crippen LogP contribution in [0.15, 0.2) is 18.2 Å². The van der Waals surface area contributed by atoms with E-state index >= 15 is 0 Å². The van der Waals surface area contributed by atoms with Gasteiger partial charge in [-0.3, -0.25) is 0 Å². The molecule has 0 saturated carbocycles. The molecule has 0 aliphatic carbocycles. The summed E-state index contributed by atoms with van der Waals surface area (Å²) in [7, 11) is 0. The van der Waals surface area contributed by atoms with Crippen molar-refractivity contribution >= 4 is 11.6 Å². The number of hydrogen-bond acceptors (Lipinski definition) is 0. The Balaban J connectivity index is 0.000000561. The first-order valence-corrected chi connectivity index (χ1v) is 4.56. The van der Waals surface area contributed by atoms with Gasteiger partial charge in [0.05, 0.1) is 5.02 Å². The fourth-order valence-corrected chi connectivity index (χ4v) is 1.08. The molecule has 2 heteroatoms. The predicted molar refractivity (Wildman–Crippen MR) is 52.1 cm³/mol. The maximum atomic E-state index is 12.6. The normalized spacial score (nSPS) is 8.75. The fraction of sp³-hybridized carbons (Fsp3) is 0.400. The van der Waals surface area contributed by atoms with Crippen molar-refractivity contribution in [2.75, 3.05) is 0 Å². The zero-order valence-electron chi connectivity index (χ0n) is 7.70. The average molecular weight is 189 g/mol. The van der Waals surface area contributed by atoms with Gasteiger partial charge in [-0.2, -0.15) is 0 Å². The van der Waals surface area contributed by atoms with Gasteiger partial charge in [0.1, 0.15) is 5.82 Å². The molecule has 0 spiro atoms. The van der Waals surface area contributed by atoms with E-state index in [1.807, 2.05) is 26.8 Å². The van der Waals surface area contributed by atoms with Crippen LogP contribution in [0.5, 0.6) is 0 Å². The molecule has 0 aliphatic rings. The Morgan fingerprint density at radius 2 is 1.92 bits per heavy atom. The molecular formula is C10H14ClF. The van der Waals surface area contributed by atoms with Crippen LogP contribution in [0.2, 0.25) is 5.02 Å². The topological polar surface area (TPSA) is 0 Å². The molecule has 0 unspecified atom stereocenters. The van der Waals surface area contributed by atoms with Gasteiger partial charge in [-0.1, -0.05) is 44.5 Å². The Morgan fingerprint density at radius 3 is 2.33 bits per heavy atom. The van der Waals surface area contributed by atoms with E-state index in [1.54, 1.807) is 6.07 Å². The first-order valence-electron chi connectivity index (χ1n) is 4.18. The van der Waals surface area contributed by atoms with Crippen molar-refractivity contribution in [2.45, 2.75) is 27.2 Å². The maximum absolute atomic E-state index is 12.6. The molecule has 0 aromatic heterocycles. The number of benzene rings is 1. The van der Waals surface area contributed by atoms with Crippen LogP contribution in [0.3, 0.4) is 0 Å². The van der Waals surface area contributed by atoms with E-state index in [-0.39, 0.29) is 10.8 Å². The average Bonchev–Trinajstić information content (AvgIpc) is 2.13. The minimum absolute atomic E-state index is 0.255. The van der Waals surface area contributed by atoms with Crippen LogP contribution < -0.4 is 0 Å². The summed E-state index contributed by atoms with van der Waals surface area (Å²) >= 11 is 5.62. The second-order valence-electron chi connectivity index (χ2n) is 2.07. The molecule has 68 valence electrons. The van der Waals surface area contributed by atoms with Crippen LogP contribution in [0.4, 0.5) is 4.39 Å². The maximum Gasteiger partial charge on any atom is 0.142 e. The van der Waals surface area contributed by atoms with Crippen molar-refractivity contribution in [1.82, 2.24) is 0 Å². The zero-order valence-corrected chi connectivity index (χ0v) is 8.45. The molecule has 0 N–H and O–H groups in total. The smallest absolute Gasteiger partial charge is 0.142 e. The Hall–Kier alpha value is -0.560. The van der Waals surface area contributed by atoms with Gasteiger partial charge < -0.3 is 0 Å². The Bertz CT molecular complexity index is 233. The number of hydrogen-bond donors (Lipinski definition) is 0. The summed E-state index contributed by atoms with van der Waals surface area (Å²) in [6.45, 7) is 5.95. The molecule has 0 fully saturated rings. The molecule has 1 rings (SSSR count). The summed E-state index contributed by atoms with van der Waals surface area (Å²) in [4.78, 5) is 0. The molecule has 0 radical (unpaired) electrons. The summed E-state index contributed by atoms with van der Waals surface area (Å²) in [6.07, 6.45) is 0.774. The first-order chi connectivity index (χ1) is 5.75. The first kappa shape index (κ1) is 11.4. The standard InChI is InChI=1S/C8H8ClF.C2H6/c1-2-6-4-3-5-7(10)8(6)9;1-2/h3-5H,2H2,1H3;1-2H3. The highest BCUT2D eigenvalue weighted by atomic mass is 35.5. The molecular weight excluding hydrogens is 175 g/mol. The Morgan fingerprint density at radius 1 is 1.33 bits per heavy atom. The van der Waals surface area contributed by atoms with E-state index in [2.05, 4.69) is 0 Å². The third kappa shape index (κ3) is 2.82. The van der Waals surface area contributed by atoms with Crippen molar-refractivity contribution in [3.63, 3.8) is 0 Å². The molecule has 1 aromatic rings. The molecule has 0 bridgehead atoms. The molecule has 0 aliphatic heterocycles. The van der Waals surface area contributed by atoms with Gasteiger partial charge in [0.25, 0.3) is 0 Å². The third-order valence-electron chi connectivity index (χ3n) is 1.41. The number of rotatable bonds is 1. The fourth-order valence-electron chi connectivity index (χ4n) is 0.822. The van der Waals surface area contributed by atoms with Crippen LogP contribution in [-0.2, 0) is 6.42 Å². The van der Waals surface area contributed by atoms with Crippen molar-refractivity contribution in [3.8, 4) is 0 Å². The Kier molecular flexibility index (Phi) is 5.73. The van der Waals surface area contributed by atoms with E-state index in [9.17, 15) is 4.39 Å². The summed E-state index contributed by atoms with van der Waals surface area (Å²) in [5.41, 5.74) is 0.863. The van der Waals surface area contributed by atoms with Gasteiger partial charge >= 0.3 is 0 Å². The van der Waals surface area contributed by atoms with Crippen molar-refractivity contribution in [2.24, 2.45) is 0 Å². The number of aryl methyl sites for hydroxylation is 1. The van der Waals surface area contributed by atoms with Gasteiger partial charge in [0.2, 0.25) is 0 Å². The zero-order chi connectivity index (χ0) is 9.56. The van der Waals surface area contributed by atoms with E-state index < -0.39 is 0 Å². The summed E-state index contributed by atoms with van der Waals surface area (Å²) in [5, 5.41) is 0.255. The summed E-state index contributed by atoms with van der Waals surface area (Å²) in [5.74, 6) is -0.332. The SMILES string of the molecule is CC.CCc1cccc(F)c1Cl. The lowest BCUT2D eigenvalue weighted by atomic mass is 10.2. The minimum Gasteiger partial charge on any atom is -0.205 e. The Labute approximate surface area is 78.4 Å². The summed E-state index contributed by atoms with van der Waals surface area (Å²) in [6, 6.07) is 4.85.